The molecule has 8 nitrogen and oxygen atoms in total. The normalized spacial score (nSPS) is 10.8. The minimum atomic E-state index is -0.821. The van der Waals surface area contributed by atoms with Crippen LogP contribution in [0.2, 0.25) is 0 Å². The van der Waals surface area contributed by atoms with Crippen LogP contribution in [0, 0.1) is 6.92 Å². The number of hydrogen-bond acceptors (Lipinski definition) is 8. The van der Waals surface area contributed by atoms with Gasteiger partial charge in [-0.25, -0.2) is 9.59 Å². The van der Waals surface area contributed by atoms with E-state index in [1.807, 2.05) is 37.3 Å². The highest BCUT2D eigenvalue weighted by molar-refractivity contribution is 7.16. The molecule has 1 N–H and O–H groups in total. The first-order valence-electron chi connectivity index (χ1n) is 11.7. The van der Waals surface area contributed by atoms with E-state index in [9.17, 15) is 19.2 Å². The maximum atomic E-state index is 13.0. The molecular formula is C28H25NO7S. The van der Waals surface area contributed by atoms with Gasteiger partial charge in [-0.05, 0) is 38.5 Å². The first-order valence-corrected chi connectivity index (χ1v) is 12.5. The van der Waals surface area contributed by atoms with E-state index in [0.29, 0.717) is 28.3 Å². The number of ether oxygens (including phenoxy) is 2. The fourth-order valence-electron chi connectivity index (χ4n) is 3.78. The van der Waals surface area contributed by atoms with E-state index in [4.69, 9.17) is 13.9 Å². The second-order valence-corrected chi connectivity index (χ2v) is 9.22. The quantitative estimate of drug-likeness (QED) is 0.312. The number of para-hydroxylation sites is 1. The van der Waals surface area contributed by atoms with Gasteiger partial charge in [-0.15, -0.1) is 11.3 Å². The van der Waals surface area contributed by atoms with Gasteiger partial charge in [0.2, 0.25) is 0 Å². The van der Waals surface area contributed by atoms with Gasteiger partial charge in [-0.2, -0.15) is 0 Å². The van der Waals surface area contributed by atoms with Crippen molar-refractivity contribution < 1.29 is 28.3 Å². The van der Waals surface area contributed by atoms with Gasteiger partial charge in [-0.1, -0.05) is 43.3 Å². The lowest BCUT2D eigenvalue weighted by Gasteiger charge is -2.11. The summed E-state index contributed by atoms with van der Waals surface area (Å²) in [6.45, 7) is 4.90. The van der Waals surface area contributed by atoms with Crippen molar-refractivity contribution in [2.24, 2.45) is 0 Å². The number of carbonyl (C=O) groups excluding carboxylic acids is 3. The summed E-state index contributed by atoms with van der Waals surface area (Å²) in [4.78, 5) is 51.7. The molecule has 2 aromatic carbocycles. The zero-order chi connectivity index (χ0) is 26.5. The van der Waals surface area contributed by atoms with E-state index in [1.165, 1.54) is 17.4 Å². The molecule has 9 heteroatoms. The Hall–Kier alpha value is -4.24. The number of esters is 2. The Labute approximate surface area is 216 Å². The summed E-state index contributed by atoms with van der Waals surface area (Å²) in [5.74, 6) is -1.63. The van der Waals surface area contributed by atoms with Crippen molar-refractivity contribution in [1.29, 1.82) is 0 Å². The van der Waals surface area contributed by atoms with E-state index in [0.717, 1.165) is 4.88 Å². The Bertz CT molecular complexity index is 1540. The van der Waals surface area contributed by atoms with Gasteiger partial charge in [0.1, 0.15) is 16.3 Å². The number of aryl methyl sites for hydroxylation is 1. The fraction of sp³-hybridized carbons (Fsp3) is 0.214. The molecule has 0 saturated heterocycles. The van der Waals surface area contributed by atoms with E-state index in [-0.39, 0.29) is 34.1 Å². The van der Waals surface area contributed by atoms with Crippen LogP contribution in [0.3, 0.4) is 0 Å². The van der Waals surface area contributed by atoms with Crippen molar-refractivity contribution in [3.8, 4) is 11.3 Å². The molecule has 2 heterocycles. The number of benzene rings is 2. The molecule has 0 aliphatic rings. The highest BCUT2D eigenvalue weighted by atomic mass is 32.1. The lowest BCUT2D eigenvalue weighted by atomic mass is 10.0. The molecular weight excluding hydrogens is 494 g/mol. The smallest absolute Gasteiger partial charge is 0.342 e. The Balaban J connectivity index is 1.56. The Morgan fingerprint density at radius 3 is 2.38 bits per heavy atom. The number of amides is 1. The lowest BCUT2D eigenvalue weighted by Crippen LogP contribution is -2.22. The molecule has 190 valence electrons. The third-order valence-corrected chi connectivity index (χ3v) is 6.81. The Morgan fingerprint density at radius 2 is 1.68 bits per heavy atom. The van der Waals surface area contributed by atoms with Crippen molar-refractivity contribution in [2.75, 3.05) is 18.5 Å². The van der Waals surface area contributed by atoms with Crippen molar-refractivity contribution in [1.82, 2.24) is 0 Å². The predicted molar refractivity (Wildman–Crippen MR) is 141 cm³/mol. The third-order valence-electron chi connectivity index (χ3n) is 5.62. The zero-order valence-electron chi connectivity index (χ0n) is 20.6. The van der Waals surface area contributed by atoms with Crippen LogP contribution in [0.4, 0.5) is 5.00 Å². The summed E-state index contributed by atoms with van der Waals surface area (Å²) in [7, 11) is 0. The summed E-state index contributed by atoms with van der Waals surface area (Å²) in [6.07, 6.45) is 0.679. The monoisotopic (exact) mass is 519 g/mol. The van der Waals surface area contributed by atoms with Gasteiger partial charge in [0.15, 0.2) is 17.6 Å². The van der Waals surface area contributed by atoms with Gasteiger partial charge < -0.3 is 19.2 Å². The topological polar surface area (TPSA) is 112 Å². The van der Waals surface area contributed by atoms with Gasteiger partial charge in [0.25, 0.3) is 5.91 Å². The minimum Gasteiger partial charge on any atom is -0.462 e. The average Bonchev–Trinajstić information content (AvgIpc) is 3.32. The van der Waals surface area contributed by atoms with Crippen molar-refractivity contribution in [2.45, 2.75) is 27.2 Å². The summed E-state index contributed by atoms with van der Waals surface area (Å²) < 4.78 is 16.3. The first kappa shape index (κ1) is 25.8. The second-order valence-electron chi connectivity index (χ2n) is 8.09. The van der Waals surface area contributed by atoms with Crippen LogP contribution in [-0.4, -0.2) is 31.1 Å². The molecule has 0 spiro atoms. The van der Waals surface area contributed by atoms with Crippen LogP contribution in [0.5, 0.6) is 0 Å². The van der Waals surface area contributed by atoms with E-state index < -0.39 is 24.5 Å². The van der Waals surface area contributed by atoms with E-state index >= 15 is 0 Å². The molecule has 0 atom stereocenters. The number of hydrogen-bond donors (Lipinski definition) is 1. The minimum absolute atomic E-state index is 0.0242. The fourth-order valence-corrected chi connectivity index (χ4v) is 4.78. The molecule has 37 heavy (non-hydrogen) atoms. The number of thiophene rings is 1. The zero-order valence-corrected chi connectivity index (χ0v) is 21.4. The van der Waals surface area contributed by atoms with Crippen molar-refractivity contribution in [3.63, 3.8) is 0 Å². The summed E-state index contributed by atoms with van der Waals surface area (Å²) in [5, 5.41) is 3.19. The third kappa shape index (κ3) is 5.46. The lowest BCUT2D eigenvalue weighted by molar-refractivity contribution is -0.119. The highest BCUT2D eigenvalue weighted by Gasteiger charge is 2.22. The number of carbonyl (C=O) groups is 3. The first-order chi connectivity index (χ1) is 17.8. The largest absolute Gasteiger partial charge is 0.462 e. The van der Waals surface area contributed by atoms with Gasteiger partial charge in [0, 0.05) is 16.0 Å². The molecule has 0 aliphatic carbocycles. The van der Waals surface area contributed by atoms with Crippen molar-refractivity contribution in [3.05, 3.63) is 86.4 Å². The van der Waals surface area contributed by atoms with Crippen LogP contribution in [0.1, 0.15) is 45.0 Å². The average molecular weight is 520 g/mol. The predicted octanol–water partition coefficient (Wildman–Crippen LogP) is 5.36. The Kier molecular flexibility index (Phi) is 7.83. The standard InChI is InChI=1S/C28H25NO7S/c1-4-18-14-21(28(33)34-5-2)26(37-18)29-22(30)15-35-27(32)20-13-9-12-19-23(31)16(3)24(36-25(19)20)17-10-7-6-8-11-17/h6-14H,4-5,15H2,1-3H3,(H,29,30). The highest BCUT2D eigenvalue weighted by Crippen LogP contribution is 2.30. The maximum Gasteiger partial charge on any atom is 0.342 e. The van der Waals surface area contributed by atoms with Crippen LogP contribution < -0.4 is 10.7 Å². The van der Waals surface area contributed by atoms with Gasteiger partial charge in [-0.3, -0.25) is 9.59 Å². The van der Waals surface area contributed by atoms with E-state index in [1.54, 1.807) is 32.0 Å². The molecule has 1 amide bonds. The molecule has 0 bridgehead atoms. The molecule has 4 aromatic rings. The van der Waals surface area contributed by atoms with Crippen LogP contribution in [0.15, 0.2) is 63.8 Å². The number of fused-ring (bicyclic) bond motifs is 1. The van der Waals surface area contributed by atoms with Crippen LogP contribution in [-0.2, 0) is 20.7 Å². The van der Waals surface area contributed by atoms with Gasteiger partial charge >= 0.3 is 11.9 Å². The summed E-state index contributed by atoms with van der Waals surface area (Å²) >= 11 is 1.25. The van der Waals surface area contributed by atoms with E-state index in [2.05, 4.69) is 5.32 Å². The molecule has 2 aromatic heterocycles. The number of anilines is 1. The second kappa shape index (κ2) is 11.2. The van der Waals surface area contributed by atoms with Crippen LogP contribution in [0.25, 0.3) is 22.3 Å². The van der Waals surface area contributed by atoms with Crippen molar-refractivity contribution >= 4 is 45.2 Å². The molecule has 0 radical (unpaired) electrons. The molecule has 0 unspecified atom stereocenters. The Morgan fingerprint density at radius 1 is 0.946 bits per heavy atom. The number of rotatable bonds is 8. The molecule has 0 aliphatic heterocycles. The molecule has 4 rings (SSSR count). The summed E-state index contributed by atoms with van der Waals surface area (Å²) in [6, 6.07) is 15.4. The summed E-state index contributed by atoms with van der Waals surface area (Å²) in [5.41, 5.74) is 1.21. The molecule has 0 fully saturated rings. The number of nitrogens with one attached hydrogen (secondary N) is 1. The van der Waals surface area contributed by atoms with Gasteiger partial charge in [0.05, 0.1) is 17.6 Å². The SMILES string of the molecule is CCOC(=O)c1cc(CC)sc1NC(=O)COC(=O)c1cccc2c(=O)c(C)c(-c3ccccc3)oc12. The maximum absolute atomic E-state index is 13.0. The molecule has 0 saturated carbocycles. The van der Waals surface area contributed by atoms with Crippen LogP contribution >= 0.6 is 11.3 Å².